The molecule has 1 N–H and O–H groups in total. The minimum absolute atomic E-state index is 0.0546. The predicted molar refractivity (Wildman–Crippen MR) is 87.2 cm³/mol. The highest BCUT2D eigenvalue weighted by molar-refractivity contribution is 5.55. The van der Waals surface area contributed by atoms with Gasteiger partial charge >= 0.3 is 0 Å². The monoisotopic (exact) mass is 313 g/mol. The molecule has 6 nitrogen and oxygen atoms in total. The zero-order valence-electron chi connectivity index (χ0n) is 13.6. The summed E-state index contributed by atoms with van der Waals surface area (Å²) in [7, 11) is 0. The first-order valence-corrected chi connectivity index (χ1v) is 8.33. The van der Waals surface area contributed by atoms with Gasteiger partial charge in [-0.3, -0.25) is 4.98 Å². The van der Waals surface area contributed by atoms with Gasteiger partial charge in [0.25, 0.3) is 0 Å². The van der Waals surface area contributed by atoms with Crippen LogP contribution in [0.25, 0.3) is 0 Å². The fourth-order valence-corrected chi connectivity index (χ4v) is 4.25. The normalized spacial score (nSPS) is 30.5. The van der Waals surface area contributed by atoms with Crippen LogP contribution in [0.3, 0.4) is 0 Å². The van der Waals surface area contributed by atoms with E-state index in [9.17, 15) is 5.11 Å². The van der Waals surface area contributed by atoms with Crippen LogP contribution in [-0.4, -0.2) is 44.0 Å². The van der Waals surface area contributed by atoms with Gasteiger partial charge in [-0.15, -0.1) is 0 Å². The van der Waals surface area contributed by atoms with Crippen molar-refractivity contribution in [1.29, 1.82) is 0 Å². The fraction of sp³-hybridized carbons (Fsp3) is 0.588. The highest BCUT2D eigenvalue weighted by Gasteiger charge is 2.42. The fourth-order valence-electron chi connectivity index (χ4n) is 4.25. The molecule has 3 heterocycles. The number of pyridine rings is 1. The molecule has 4 rings (SSSR count). The van der Waals surface area contributed by atoms with Crippen LogP contribution in [0.15, 0.2) is 24.9 Å². The van der Waals surface area contributed by atoms with Gasteiger partial charge in [-0.05, 0) is 50.2 Å². The van der Waals surface area contributed by atoms with Gasteiger partial charge in [0.1, 0.15) is 12.7 Å². The number of hydrogen-bond donors (Lipinski definition) is 1. The lowest BCUT2D eigenvalue weighted by Gasteiger charge is -2.34. The molecule has 2 aliphatic rings. The van der Waals surface area contributed by atoms with Crippen molar-refractivity contribution < 1.29 is 5.11 Å². The molecular weight excluding hydrogens is 290 g/mol. The van der Waals surface area contributed by atoms with Crippen molar-refractivity contribution in [2.45, 2.75) is 38.8 Å². The molecule has 2 fully saturated rings. The van der Waals surface area contributed by atoms with Crippen LogP contribution in [-0.2, 0) is 0 Å². The predicted octanol–water partition coefficient (Wildman–Crippen LogP) is 1.74. The van der Waals surface area contributed by atoms with E-state index in [4.69, 9.17) is 0 Å². The molecule has 1 aliphatic carbocycles. The van der Waals surface area contributed by atoms with E-state index in [1.165, 1.54) is 11.3 Å². The van der Waals surface area contributed by atoms with Crippen molar-refractivity contribution in [3.63, 3.8) is 0 Å². The molecule has 23 heavy (non-hydrogen) atoms. The summed E-state index contributed by atoms with van der Waals surface area (Å²) in [6.45, 7) is 6.28. The SMILES string of the molecule is Cc1nccc(N2C[C@H]3C[C@@H](n4cncn4)[C@H](O)C[C@H]3C2)c1C. The van der Waals surface area contributed by atoms with Crippen molar-refractivity contribution in [3.8, 4) is 0 Å². The quantitative estimate of drug-likeness (QED) is 0.915. The van der Waals surface area contributed by atoms with Gasteiger partial charge in [-0.1, -0.05) is 0 Å². The number of rotatable bonds is 2. The molecule has 1 aliphatic heterocycles. The van der Waals surface area contributed by atoms with Crippen molar-refractivity contribution in [1.82, 2.24) is 19.7 Å². The Labute approximate surface area is 136 Å². The average molecular weight is 313 g/mol. The molecule has 122 valence electrons. The first-order chi connectivity index (χ1) is 11.1. The van der Waals surface area contributed by atoms with Crippen molar-refractivity contribution in [3.05, 3.63) is 36.2 Å². The number of fused-ring (bicyclic) bond motifs is 1. The molecule has 2 aromatic rings. The summed E-state index contributed by atoms with van der Waals surface area (Å²) in [6, 6.07) is 2.17. The van der Waals surface area contributed by atoms with Gasteiger partial charge in [-0.25, -0.2) is 9.67 Å². The number of aryl methyl sites for hydroxylation is 1. The molecule has 0 amide bonds. The first kappa shape index (κ1) is 14.6. The number of nitrogens with zero attached hydrogens (tertiary/aromatic N) is 5. The Kier molecular flexibility index (Phi) is 3.56. The summed E-state index contributed by atoms with van der Waals surface area (Å²) in [4.78, 5) is 10.9. The van der Waals surface area contributed by atoms with E-state index in [-0.39, 0.29) is 12.1 Å². The van der Waals surface area contributed by atoms with Gasteiger partial charge in [0, 0.05) is 30.7 Å². The zero-order chi connectivity index (χ0) is 16.0. The second-order valence-electron chi connectivity index (χ2n) is 6.95. The van der Waals surface area contributed by atoms with Crippen LogP contribution in [0.4, 0.5) is 5.69 Å². The summed E-state index contributed by atoms with van der Waals surface area (Å²) >= 11 is 0. The Bertz CT molecular complexity index is 686. The lowest BCUT2D eigenvalue weighted by atomic mass is 9.77. The van der Waals surface area contributed by atoms with Crippen molar-refractivity contribution in [2.24, 2.45) is 11.8 Å². The maximum atomic E-state index is 10.5. The van der Waals surface area contributed by atoms with Gasteiger partial charge in [0.05, 0.1) is 12.1 Å². The summed E-state index contributed by atoms with van der Waals surface area (Å²) < 4.78 is 1.82. The van der Waals surface area contributed by atoms with Gasteiger partial charge in [0.15, 0.2) is 0 Å². The minimum atomic E-state index is -0.335. The van der Waals surface area contributed by atoms with E-state index in [0.717, 1.165) is 31.6 Å². The first-order valence-electron chi connectivity index (χ1n) is 8.33. The molecule has 1 saturated heterocycles. The molecule has 0 bridgehead atoms. The van der Waals surface area contributed by atoms with Gasteiger partial charge in [0.2, 0.25) is 0 Å². The van der Waals surface area contributed by atoms with Crippen molar-refractivity contribution in [2.75, 3.05) is 18.0 Å². The minimum Gasteiger partial charge on any atom is -0.391 e. The molecule has 0 radical (unpaired) electrons. The maximum Gasteiger partial charge on any atom is 0.137 e. The average Bonchev–Trinajstić information content (AvgIpc) is 3.18. The van der Waals surface area contributed by atoms with E-state index in [1.54, 1.807) is 12.7 Å². The standard InChI is InChI=1S/C17H23N5O/c1-11-12(2)19-4-3-15(11)21-7-13-5-16(22-10-18-9-20-22)17(23)6-14(13)8-21/h3-4,9-10,13-14,16-17,23H,5-8H2,1-2H3/t13-,14+,16-,17-/m1/s1. The Morgan fingerprint density at radius 1 is 1.17 bits per heavy atom. The lowest BCUT2D eigenvalue weighted by molar-refractivity contribution is 0.0305. The number of hydrogen-bond acceptors (Lipinski definition) is 5. The highest BCUT2D eigenvalue weighted by atomic mass is 16.3. The van der Waals surface area contributed by atoms with Crippen LogP contribution < -0.4 is 4.90 Å². The van der Waals surface area contributed by atoms with E-state index in [0.29, 0.717) is 11.8 Å². The summed E-state index contributed by atoms with van der Waals surface area (Å²) in [6.07, 6.45) is 6.63. The Hall–Kier alpha value is -1.95. The zero-order valence-corrected chi connectivity index (χ0v) is 13.6. The molecule has 1 saturated carbocycles. The van der Waals surface area contributed by atoms with Crippen LogP contribution in [0.2, 0.25) is 0 Å². The van der Waals surface area contributed by atoms with Crippen LogP contribution >= 0.6 is 0 Å². The van der Waals surface area contributed by atoms with E-state index in [1.807, 2.05) is 10.9 Å². The highest BCUT2D eigenvalue weighted by Crippen LogP contribution is 2.42. The van der Waals surface area contributed by atoms with Crippen LogP contribution in [0.5, 0.6) is 0 Å². The Morgan fingerprint density at radius 3 is 2.70 bits per heavy atom. The topological polar surface area (TPSA) is 67.1 Å². The Morgan fingerprint density at radius 2 is 1.96 bits per heavy atom. The summed E-state index contributed by atoms with van der Waals surface area (Å²) in [5.74, 6) is 1.15. The maximum absolute atomic E-state index is 10.5. The number of aromatic nitrogens is 4. The Balaban J connectivity index is 1.54. The second-order valence-corrected chi connectivity index (χ2v) is 6.95. The van der Waals surface area contributed by atoms with E-state index in [2.05, 4.69) is 39.9 Å². The van der Waals surface area contributed by atoms with Crippen LogP contribution in [0.1, 0.15) is 30.1 Å². The third kappa shape index (κ3) is 2.51. The summed E-state index contributed by atoms with van der Waals surface area (Å²) in [5, 5.41) is 14.8. The van der Waals surface area contributed by atoms with Crippen LogP contribution in [0, 0.1) is 25.7 Å². The van der Waals surface area contributed by atoms with E-state index >= 15 is 0 Å². The smallest absolute Gasteiger partial charge is 0.137 e. The van der Waals surface area contributed by atoms with Gasteiger partial charge in [-0.2, -0.15) is 5.10 Å². The molecule has 4 atom stereocenters. The molecule has 6 heteroatoms. The number of aliphatic hydroxyl groups excluding tert-OH is 1. The molecular formula is C17H23N5O. The molecule has 0 spiro atoms. The molecule has 0 aromatic carbocycles. The van der Waals surface area contributed by atoms with Gasteiger partial charge < -0.3 is 10.0 Å². The third-order valence-corrected chi connectivity index (χ3v) is 5.65. The third-order valence-electron chi connectivity index (χ3n) is 5.65. The largest absolute Gasteiger partial charge is 0.391 e. The number of aliphatic hydroxyl groups is 1. The second kappa shape index (κ2) is 5.60. The van der Waals surface area contributed by atoms with Crippen molar-refractivity contribution >= 4 is 5.69 Å². The number of anilines is 1. The molecule has 2 aromatic heterocycles. The lowest BCUT2D eigenvalue weighted by Crippen LogP contribution is -2.36. The summed E-state index contributed by atoms with van der Waals surface area (Å²) in [5.41, 5.74) is 3.65. The van der Waals surface area contributed by atoms with E-state index < -0.39 is 0 Å². The molecule has 0 unspecified atom stereocenters.